The summed E-state index contributed by atoms with van der Waals surface area (Å²) in [5.74, 6) is 0.300. The number of rotatable bonds is 9. The first-order chi connectivity index (χ1) is 8.75. The first-order valence-electron chi connectivity index (χ1n) is 7.03. The fourth-order valence-electron chi connectivity index (χ4n) is 2.06. The van der Waals surface area contributed by atoms with Crippen LogP contribution < -0.4 is 0 Å². The predicted octanol–water partition coefficient (Wildman–Crippen LogP) is 5.61. The average Bonchev–Trinajstić information content (AvgIpc) is 2.38. The van der Waals surface area contributed by atoms with Gasteiger partial charge in [-0.3, -0.25) is 4.79 Å². The van der Waals surface area contributed by atoms with Crippen LogP contribution in [0.5, 0.6) is 0 Å². The summed E-state index contributed by atoms with van der Waals surface area (Å²) in [6.07, 6.45) is 9.53. The fourth-order valence-corrected chi connectivity index (χ4v) is 2.75. The van der Waals surface area contributed by atoms with E-state index in [1.165, 1.54) is 38.5 Å². The Morgan fingerprint density at radius 1 is 1.00 bits per heavy atom. The second-order valence-corrected chi connectivity index (χ2v) is 5.94. The van der Waals surface area contributed by atoms with Crippen LogP contribution in [-0.2, 0) is 0 Å². The monoisotopic (exact) mass is 358 g/mol. The van der Waals surface area contributed by atoms with E-state index in [1.807, 2.05) is 24.3 Å². The van der Waals surface area contributed by atoms with Crippen LogP contribution in [0.3, 0.4) is 0 Å². The molecule has 0 bridgehead atoms. The van der Waals surface area contributed by atoms with Crippen LogP contribution in [0.2, 0.25) is 0 Å². The molecule has 0 radical (unpaired) electrons. The molecule has 0 amide bonds. The quantitative estimate of drug-likeness (QED) is 0.318. The Bertz CT molecular complexity index is 360. The van der Waals surface area contributed by atoms with Crippen molar-refractivity contribution >= 4 is 28.4 Å². The molecular formula is C16H23IO. The summed E-state index contributed by atoms with van der Waals surface area (Å²) in [7, 11) is 0. The molecule has 2 heteroatoms. The highest BCUT2D eigenvalue weighted by Gasteiger charge is 2.08. The summed E-state index contributed by atoms with van der Waals surface area (Å²) in [6, 6.07) is 7.86. The SMILES string of the molecule is CCCCCCCCCC(=O)c1ccccc1I. The van der Waals surface area contributed by atoms with Gasteiger partial charge in [-0.15, -0.1) is 0 Å². The summed E-state index contributed by atoms with van der Waals surface area (Å²) in [5.41, 5.74) is 0.893. The van der Waals surface area contributed by atoms with Gasteiger partial charge in [0.15, 0.2) is 5.78 Å². The lowest BCUT2D eigenvalue weighted by atomic mass is 10.0. The molecule has 0 fully saturated rings. The van der Waals surface area contributed by atoms with Crippen molar-refractivity contribution in [2.24, 2.45) is 0 Å². The lowest BCUT2D eigenvalue weighted by Gasteiger charge is -2.04. The molecule has 0 aliphatic carbocycles. The molecular weight excluding hydrogens is 335 g/mol. The topological polar surface area (TPSA) is 17.1 Å². The van der Waals surface area contributed by atoms with Crippen LogP contribution in [0.4, 0.5) is 0 Å². The largest absolute Gasteiger partial charge is 0.294 e. The third-order valence-electron chi connectivity index (χ3n) is 3.18. The van der Waals surface area contributed by atoms with Crippen LogP contribution in [0, 0.1) is 3.57 Å². The normalized spacial score (nSPS) is 10.6. The Labute approximate surface area is 125 Å². The summed E-state index contributed by atoms with van der Waals surface area (Å²) in [5, 5.41) is 0. The van der Waals surface area contributed by atoms with E-state index >= 15 is 0 Å². The smallest absolute Gasteiger partial charge is 0.163 e. The maximum absolute atomic E-state index is 12.0. The summed E-state index contributed by atoms with van der Waals surface area (Å²) < 4.78 is 1.07. The number of unbranched alkanes of at least 4 members (excludes halogenated alkanes) is 6. The molecule has 0 unspecified atom stereocenters. The van der Waals surface area contributed by atoms with Gasteiger partial charge in [-0.1, -0.05) is 63.6 Å². The zero-order chi connectivity index (χ0) is 13.2. The first-order valence-corrected chi connectivity index (χ1v) is 8.11. The van der Waals surface area contributed by atoms with E-state index in [0.29, 0.717) is 12.2 Å². The molecule has 0 saturated heterocycles. The molecule has 1 rings (SSSR count). The zero-order valence-electron chi connectivity index (χ0n) is 11.3. The molecule has 1 aromatic rings. The number of hydrogen-bond donors (Lipinski definition) is 0. The first kappa shape index (κ1) is 15.7. The van der Waals surface area contributed by atoms with Crippen molar-refractivity contribution in [1.29, 1.82) is 0 Å². The minimum Gasteiger partial charge on any atom is -0.294 e. The van der Waals surface area contributed by atoms with Crippen LogP contribution >= 0.6 is 22.6 Å². The zero-order valence-corrected chi connectivity index (χ0v) is 13.4. The van der Waals surface area contributed by atoms with Gasteiger partial charge in [-0.05, 0) is 35.1 Å². The summed E-state index contributed by atoms with van der Waals surface area (Å²) >= 11 is 2.24. The van der Waals surface area contributed by atoms with Crippen LogP contribution in [-0.4, -0.2) is 5.78 Å². The van der Waals surface area contributed by atoms with Crippen molar-refractivity contribution in [3.05, 3.63) is 33.4 Å². The van der Waals surface area contributed by atoms with Crippen molar-refractivity contribution in [1.82, 2.24) is 0 Å². The number of carbonyl (C=O) groups is 1. The molecule has 0 heterocycles. The summed E-state index contributed by atoms with van der Waals surface area (Å²) in [6.45, 7) is 2.24. The molecule has 0 N–H and O–H groups in total. The van der Waals surface area contributed by atoms with Crippen molar-refractivity contribution in [3.63, 3.8) is 0 Å². The van der Waals surface area contributed by atoms with Crippen molar-refractivity contribution in [2.45, 2.75) is 58.3 Å². The van der Waals surface area contributed by atoms with Crippen LogP contribution in [0.15, 0.2) is 24.3 Å². The van der Waals surface area contributed by atoms with E-state index in [-0.39, 0.29) is 0 Å². The van der Waals surface area contributed by atoms with E-state index in [2.05, 4.69) is 29.5 Å². The maximum Gasteiger partial charge on any atom is 0.163 e. The van der Waals surface area contributed by atoms with Crippen LogP contribution in [0.25, 0.3) is 0 Å². The minimum atomic E-state index is 0.300. The number of benzene rings is 1. The highest BCUT2D eigenvalue weighted by molar-refractivity contribution is 14.1. The molecule has 18 heavy (non-hydrogen) atoms. The van der Waals surface area contributed by atoms with E-state index in [0.717, 1.165) is 15.6 Å². The maximum atomic E-state index is 12.0. The highest BCUT2D eigenvalue weighted by atomic mass is 127. The third-order valence-corrected chi connectivity index (χ3v) is 4.12. The number of Topliss-reactive ketones (excluding diaryl/α,β-unsaturated/α-hetero) is 1. The highest BCUT2D eigenvalue weighted by Crippen LogP contribution is 2.16. The molecule has 0 aliphatic heterocycles. The summed E-state index contributed by atoms with van der Waals surface area (Å²) in [4.78, 5) is 12.0. The number of halogens is 1. The van der Waals surface area contributed by atoms with Gasteiger partial charge in [0.2, 0.25) is 0 Å². The van der Waals surface area contributed by atoms with Gasteiger partial charge in [0, 0.05) is 15.6 Å². The number of carbonyl (C=O) groups excluding carboxylic acids is 1. The molecule has 100 valence electrons. The lowest BCUT2D eigenvalue weighted by molar-refractivity contribution is 0.0978. The van der Waals surface area contributed by atoms with E-state index in [4.69, 9.17) is 0 Å². The fraction of sp³-hybridized carbons (Fsp3) is 0.562. The van der Waals surface area contributed by atoms with Gasteiger partial charge < -0.3 is 0 Å². The lowest BCUT2D eigenvalue weighted by Crippen LogP contribution is -2.01. The molecule has 0 aromatic heterocycles. The van der Waals surface area contributed by atoms with Gasteiger partial charge >= 0.3 is 0 Å². The number of hydrogen-bond acceptors (Lipinski definition) is 1. The Morgan fingerprint density at radius 2 is 1.61 bits per heavy atom. The van der Waals surface area contributed by atoms with Crippen molar-refractivity contribution in [2.75, 3.05) is 0 Å². The molecule has 1 nitrogen and oxygen atoms in total. The van der Waals surface area contributed by atoms with E-state index in [1.54, 1.807) is 0 Å². The third kappa shape index (κ3) is 5.98. The Balaban J connectivity index is 2.16. The molecule has 0 atom stereocenters. The Kier molecular flexibility index (Phi) is 8.31. The van der Waals surface area contributed by atoms with Crippen LogP contribution in [0.1, 0.15) is 68.6 Å². The predicted molar refractivity (Wildman–Crippen MR) is 86.1 cm³/mol. The number of ketones is 1. The van der Waals surface area contributed by atoms with Crippen molar-refractivity contribution in [3.8, 4) is 0 Å². The van der Waals surface area contributed by atoms with Gasteiger partial charge in [-0.25, -0.2) is 0 Å². The second kappa shape index (κ2) is 9.54. The van der Waals surface area contributed by atoms with Crippen molar-refractivity contribution < 1.29 is 4.79 Å². The minimum absolute atomic E-state index is 0.300. The van der Waals surface area contributed by atoms with E-state index < -0.39 is 0 Å². The standard InChI is InChI=1S/C16H23IO/c1-2-3-4-5-6-7-8-13-16(18)14-11-9-10-12-15(14)17/h9-12H,2-8,13H2,1H3. The van der Waals surface area contributed by atoms with Gasteiger partial charge in [0.05, 0.1) is 0 Å². The molecule has 0 saturated carbocycles. The molecule has 0 aliphatic rings. The van der Waals surface area contributed by atoms with Gasteiger partial charge in [-0.2, -0.15) is 0 Å². The Hall–Kier alpha value is -0.380. The molecule has 0 spiro atoms. The Morgan fingerprint density at radius 3 is 2.28 bits per heavy atom. The molecule has 1 aromatic carbocycles. The second-order valence-electron chi connectivity index (χ2n) is 4.77. The van der Waals surface area contributed by atoms with E-state index in [9.17, 15) is 4.79 Å². The van der Waals surface area contributed by atoms with Gasteiger partial charge in [0.1, 0.15) is 0 Å². The average molecular weight is 358 g/mol. The van der Waals surface area contributed by atoms with Gasteiger partial charge in [0.25, 0.3) is 0 Å².